The van der Waals surface area contributed by atoms with Gasteiger partial charge >= 0.3 is 6.03 Å². The number of urea groups is 1. The van der Waals surface area contributed by atoms with Gasteiger partial charge in [-0.25, -0.2) is 18.0 Å². The number of carbonyl (C=O) groups excluding carboxylic acids is 1. The van der Waals surface area contributed by atoms with Crippen molar-refractivity contribution in [3.8, 4) is 0 Å². The van der Waals surface area contributed by atoms with Crippen molar-refractivity contribution in [2.45, 2.75) is 6.42 Å². The second-order valence-corrected chi connectivity index (χ2v) is 6.14. The first kappa shape index (κ1) is 18.5. The third-order valence-corrected chi connectivity index (χ3v) is 4.02. The fraction of sp³-hybridized carbons (Fsp3) is 0.562. The molecule has 0 aliphatic carbocycles. The number of nitrogens with one attached hydrogen (secondary N) is 1. The maximum Gasteiger partial charge on any atom is 0.322 e. The fourth-order valence-electron chi connectivity index (χ4n) is 2.60. The minimum absolute atomic E-state index is 0.354. The monoisotopic (exact) mass is 344 g/mol. The molecule has 8 heteroatoms. The average molecular weight is 344 g/mol. The van der Waals surface area contributed by atoms with Crippen molar-refractivity contribution < 1.29 is 18.0 Å². The van der Waals surface area contributed by atoms with Gasteiger partial charge in [0.25, 0.3) is 0 Å². The first-order valence-corrected chi connectivity index (χ1v) is 7.95. The molecule has 0 aromatic heterocycles. The minimum Gasteiger partial charge on any atom is -0.322 e. The zero-order chi connectivity index (χ0) is 17.7. The number of hydrogen-bond acceptors (Lipinski definition) is 3. The Morgan fingerprint density at radius 3 is 2.42 bits per heavy atom. The minimum atomic E-state index is -1.58. The highest BCUT2D eigenvalue weighted by atomic mass is 19.2. The Bertz CT molecular complexity index is 575. The van der Waals surface area contributed by atoms with Crippen LogP contribution in [-0.4, -0.2) is 74.1 Å². The van der Waals surface area contributed by atoms with Crippen molar-refractivity contribution in [1.82, 2.24) is 14.7 Å². The number of rotatable bonds is 5. The van der Waals surface area contributed by atoms with Gasteiger partial charge in [-0.3, -0.25) is 4.90 Å². The van der Waals surface area contributed by atoms with Gasteiger partial charge in [-0.1, -0.05) is 0 Å². The molecule has 1 fully saturated rings. The molecule has 0 spiro atoms. The molecule has 1 aliphatic heterocycles. The van der Waals surface area contributed by atoms with Gasteiger partial charge in [0, 0.05) is 26.2 Å². The maximum atomic E-state index is 13.6. The van der Waals surface area contributed by atoms with E-state index in [2.05, 4.69) is 15.1 Å². The molecule has 5 nitrogen and oxygen atoms in total. The topological polar surface area (TPSA) is 38.8 Å². The Kier molecular flexibility index (Phi) is 6.44. The van der Waals surface area contributed by atoms with Gasteiger partial charge in [-0.05, 0) is 45.7 Å². The third-order valence-electron chi connectivity index (χ3n) is 4.02. The molecule has 1 aromatic rings. The van der Waals surface area contributed by atoms with Crippen LogP contribution in [0.4, 0.5) is 23.7 Å². The molecule has 1 saturated heterocycles. The van der Waals surface area contributed by atoms with Crippen molar-refractivity contribution in [3.63, 3.8) is 0 Å². The molecule has 0 unspecified atom stereocenters. The molecular formula is C16H23F3N4O. The summed E-state index contributed by atoms with van der Waals surface area (Å²) in [6, 6.07) is 1.30. The predicted octanol–water partition coefficient (Wildman–Crippen LogP) is 2.21. The second kappa shape index (κ2) is 8.34. The van der Waals surface area contributed by atoms with E-state index in [0.29, 0.717) is 13.1 Å². The summed E-state index contributed by atoms with van der Waals surface area (Å²) in [7, 11) is 4.05. The van der Waals surface area contributed by atoms with Gasteiger partial charge in [-0.15, -0.1) is 0 Å². The molecule has 134 valence electrons. The van der Waals surface area contributed by atoms with Crippen molar-refractivity contribution in [1.29, 1.82) is 0 Å². The lowest BCUT2D eigenvalue weighted by atomic mass is 10.2. The zero-order valence-corrected chi connectivity index (χ0v) is 14.0. The summed E-state index contributed by atoms with van der Waals surface area (Å²) in [6.07, 6.45) is 1.05. The SMILES string of the molecule is CN(C)CCCN1CCN(C(=O)Nc2ccc(F)c(F)c2F)CC1. The molecular weight excluding hydrogens is 321 g/mol. The Hall–Kier alpha value is -1.80. The molecule has 1 aliphatic rings. The molecule has 2 amide bonds. The molecule has 1 heterocycles. The van der Waals surface area contributed by atoms with Crippen LogP contribution in [0.2, 0.25) is 0 Å². The van der Waals surface area contributed by atoms with E-state index in [1.807, 2.05) is 14.1 Å². The molecule has 1 aromatic carbocycles. The number of nitrogens with zero attached hydrogens (tertiary/aromatic N) is 3. The van der Waals surface area contributed by atoms with Crippen LogP contribution in [0.3, 0.4) is 0 Å². The van der Waals surface area contributed by atoms with Gasteiger partial charge in [0.1, 0.15) is 0 Å². The van der Waals surface area contributed by atoms with E-state index in [-0.39, 0.29) is 5.69 Å². The highest BCUT2D eigenvalue weighted by Gasteiger charge is 2.22. The van der Waals surface area contributed by atoms with Crippen LogP contribution in [0.25, 0.3) is 0 Å². The molecule has 0 saturated carbocycles. The lowest BCUT2D eigenvalue weighted by Gasteiger charge is -2.34. The third kappa shape index (κ3) is 4.85. The van der Waals surface area contributed by atoms with E-state index < -0.39 is 23.5 Å². The Labute approximate surface area is 140 Å². The molecule has 2 rings (SSSR count). The number of halogens is 3. The summed E-state index contributed by atoms with van der Waals surface area (Å²) in [5.41, 5.74) is -0.354. The molecule has 0 bridgehead atoms. The van der Waals surface area contributed by atoms with Crippen LogP contribution in [-0.2, 0) is 0 Å². The molecule has 0 radical (unpaired) electrons. The smallest absolute Gasteiger partial charge is 0.322 e. The Morgan fingerprint density at radius 2 is 1.79 bits per heavy atom. The van der Waals surface area contributed by atoms with E-state index >= 15 is 0 Å². The largest absolute Gasteiger partial charge is 0.322 e. The fourth-order valence-corrected chi connectivity index (χ4v) is 2.60. The van der Waals surface area contributed by atoms with Gasteiger partial charge in [0.05, 0.1) is 5.69 Å². The predicted molar refractivity (Wildman–Crippen MR) is 86.5 cm³/mol. The summed E-state index contributed by atoms with van der Waals surface area (Å²) < 4.78 is 39.7. The van der Waals surface area contributed by atoms with Crippen molar-refractivity contribution >= 4 is 11.7 Å². The summed E-state index contributed by atoms with van der Waals surface area (Å²) >= 11 is 0. The van der Waals surface area contributed by atoms with Crippen molar-refractivity contribution in [2.75, 3.05) is 58.7 Å². The number of anilines is 1. The Balaban J connectivity index is 1.82. The van der Waals surface area contributed by atoms with Gasteiger partial charge in [-0.2, -0.15) is 0 Å². The molecule has 0 atom stereocenters. The maximum absolute atomic E-state index is 13.6. The van der Waals surface area contributed by atoms with Crippen LogP contribution < -0.4 is 5.32 Å². The van der Waals surface area contributed by atoms with E-state index in [1.165, 1.54) is 0 Å². The average Bonchev–Trinajstić information content (AvgIpc) is 2.55. The lowest BCUT2D eigenvalue weighted by Crippen LogP contribution is -2.50. The van der Waals surface area contributed by atoms with Gasteiger partial charge in [0.2, 0.25) is 0 Å². The van der Waals surface area contributed by atoms with E-state index in [0.717, 1.165) is 44.7 Å². The molecule has 24 heavy (non-hydrogen) atoms. The lowest BCUT2D eigenvalue weighted by molar-refractivity contribution is 0.144. The summed E-state index contributed by atoms with van der Waals surface area (Å²) in [6.45, 7) is 4.47. The van der Waals surface area contributed by atoms with Crippen molar-refractivity contribution in [2.24, 2.45) is 0 Å². The number of carbonyl (C=O) groups is 1. The first-order valence-electron chi connectivity index (χ1n) is 7.95. The normalized spacial score (nSPS) is 15.8. The highest BCUT2D eigenvalue weighted by Crippen LogP contribution is 2.20. The first-order chi connectivity index (χ1) is 11.4. The number of amides is 2. The number of piperazine rings is 1. The zero-order valence-electron chi connectivity index (χ0n) is 14.0. The Morgan fingerprint density at radius 1 is 1.12 bits per heavy atom. The highest BCUT2D eigenvalue weighted by molar-refractivity contribution is 5.89. The number of benzene rings is 1. The van der Waals surface area contributed by atoms with Crippen LogP contribution in [0, 0.1) is 17.5 Å². The quantitative estimate of drug-likeness (QED) is 0.833. The second-order valence-electron chi connectivity index (χ2n) is 6.14. The van der Waals surface area contributed by atoms with Gasteiger partial charge in [0.15, 0.2) is 17.5 Å². The van der Waals surface area contributed by atoms with Crippen molar-refractivity contribution in [3.05, 3.63) is 29.6 Å². The molecule has 1 N–H and O–H groups in total. The van der Waals surface area contributed by atoms with Crippen LogP contribution in [0.15, 0.2) is 12.1 Å². The summed E-state index contributed by atoms with van der Waals surface area (Å²) in [4.78, 5) is 18.1. The van der Waals surface area contributed by atoms with Crippen LogP contribution >= 0.6 is 0 Å². The van der Waals surface area contributed by atoms with Gasteiger partial charge < -0.3 is 15.1 Å². The standard InChI is InChI=1S/C16H23F3N4O/c1-21(2)6-3-7-22-8-10-23(11-9-22)16(24)20-13-5-4-12(17)14(18)15(13)19/h4-5H,3,6-11H2,1-2H3,(H,20,24). The summed E-state index contributed by atoms with van der Waals surface area (Å²) in [5, 5.41) is 2.30. The van der Waals surface area contributed by atoms with Crippen LogP contribution in [0.1, 0.15) is 6.42 Å². The van der Waals surface area contributed by atoms with E-state index in [9.17, 15) is 18.0 Å². The van der Waals surface area contributed by atoms with E-state index in [1.54, 1.807) is 4.90 Å². The summed E-state index contributed by atoms with van der Waals surface area (Å²) in [5.74, 6) is -4.25. The van der Waals surface area contributed by atoms with E-state index in [4.69, 9.17) is 0 Å². The number of hydrogen-bond donors (Lipinski definition) is 1. The van der Waals surface area contributed by atoms with Crippen LogP contribution in [0.5, 0.6) is 0 Å².